The van der Waals surface area contributed by atoms with Crippen LogP contribution in [0.3, 0.4) is 0 Å². The third-order valence-corrected chi connectivity index (χ3v) is 8.35. The highest BCUT2D eigenvalue weighted by molar-refractivity contribution is 5.89. The van der Waals surface area contributed by atoms with Gasteiger partial charge in [0.05, 0.1) is 29.9 Å². The van der Waals surface area contributed by atoms with Crippen molar-refractivity contribution in [2.75, 3.05) is 26.3 Å². The summed E-state index contributed by atoms with van der Waals surface area (Å²) in [5, 5.41) is 4.42. The first kappa shape index (κ1) is 22.7. The standard InChI is InChI=1S/C28H36N6O/c1-17(2)25-26(22-15-34-28(29-16-30-34)19(4)18(22)3)32-24-10-9-23(31-27(24)25)20-5-7-21(8-6-20)33-11-13-35-14-12-33/h9-10,15-17,20-21,32H,5-8,11-14H2,1-4H3. The van der Waals surface area contributed by atoms with Crippen LogP contribution in [0.5, 0.6) is 0 Å². The Morgan fingerprint density at radius 1 is 1.03 bits per heavy atom. The molecule has 0 amide bonds. The van der Waals surface area contributed by atoms with Crippen LogP contribution < -0.4 is 0 Å². The van der Waals surface area contributed by atoms with Gasteiger partial charge >= 0.3 is 0 Å². The first-order valence-electron chi connectivity index (χ1n) is 13.2. The number of rotatable bonds is 4. The summed E-state index contributed by atoms with van der Waals surface area (Å²) in [4.78, 5) is 16.1. The Morgan fingerprint density at radius 3 is 2.54 bits per heavy atom. The molecule has 0 unspecified atom stereocenters. The number of H-pyrrole nitrogens is 1. The van der Waals surface area contributed by atoms with Gasteiger partial charge in [-0.25, -0.2) is 9.50 Å². The van der Waals surface area contributed by atoms with Crippen molar-refractivity contribution in [2.24, 2.45) is 0 Å². The van der Waals surface area contributed by atoms with Crippen LogP contribution in [0.4, 0.5) is 0 Å². The molecular formula is C28H36N6O. The average molecular weight is 473 g/mol. The first-order chi connectivity index (χ1) is 17.0. The van der Waals surface area contributed by atoms with Crippen molar-refractivity contribution in [1.82, 2.24) is 29.5 Å². The van der Waals surface area contributed by atoms with E-state index in [4.69, 9.17) is 9.72 Å². The van der Waals surface area contributed by atoms with E-state index in [1.54, 1.807) is 6.33 Å². The molecule has 5 heterocycles. The van der Waals surface area contributed by atoms with Crippen molar-refractivity contribution in [2.45, 2.75) is 71.3 Å². The van der Waals surface area contributed by atoms with E-state index in [0.717, 1.165) is 48.7 Å². The Balaban J connectivity index is 1.34. The highest BCUT2D eigenvalue weighted by atomic mass is 16.5. The predicted octanol–water partition coefficient (Wildman–Crippen LogP) is 5.37. The summed E-state index contributed by atoms with van der Waals surface area (Å²) in [5.41, 5.74) is 10.4. The van der Waals surface area contributed by atoms with Gasteiger partial charge in [0.1, 0.15) is 6.33 Å². The molecule has 0 aromatic carbocycles. The van der Waals surface area contributed by atoms with Crippen LogP contribution in [-0.2, 0) is 4.74 Å². The van der Waals surface area contributed by atoms with E-state index >= 15 is 0 Å². The van der Waals surface area contributed by atoms with E-state index in [2.05, 4.69) is 66.0 Å². The molecule has 6 rings (SSSR count). The number of hydrogen-bond donors (Lipinski definition) is 1. The fourth-order valence-electron chi connectivity index (χ4n) is 6.24. The summed E-state index contributed by atoms with van der Waals surface area (Å²) in [6, 6.07) is 5.21. The molecule has 35 heavy (non-hydrogen) atoms. The van der Waals surface area contributed by atoms with Gasteiger partial charge in [0.2, 0.25) is 0 Å². The smallest absolute Gasteiger partial charge is 0.158 e. The molecule has 7 heteroatoms. The van der Waals surface area contributed by atoms with Gasteiger partial charge in [0.25, 0.3) is 0 Å². The summed E-state index contributed by atoms with van der Waals surface area (Å²) < 4.78 is 7.44. The number of nitrogens with zero attached hydrogens (tertiary/aromatic N) is 5. The van der Waals surface area contributed by atoms with Crippen LogP contribution >= 0.6 is 0 Å². The lowest BCUT2D eigenvalue weighted by Gasteiger charge is -2.38. The van der Waals surface area contributed by atoms with E-state index in [0.29, 0.717) is 17.9 Å². The molecule has 0 radical (unpaired) electrons. The summed E-state index contributed by atoms with van der Waals surface area (Å²) in [7, 11) is 0. The molecule has 7 nitrogen and oxygen atoms in total. The number of pyridine rings is 2. The molecule has 1 aliphatic heterocycles. The Hall–Kier alpha value is -2.77. The lowest BCUT2D eigenvalue weighted by atomic mass is 9.83. The fraction of sp³-hybridized carbons (Fsp3) is 0.536. The van der Waals surface area contributed by atoms with Crippen LogP contribution in [0.25, 0.3) is 27.9 Å². The zero-order valence-corrected chi connectivity index (χ0v) is 21.3. The number of aryl methyl sites for hydroxylation is 1. The number of aromatic nitrogens is 5. The number of hydrogen-bond acceptors (Lipinski definition) is 5. The van der Waals surface area contributed by atoms with Gasteiger partial charge in [0, 0.05) is 48.1 Å². The van der Waals surface area contributed by atoms with Gasteiger partial charge < -0.3 is 9.72 Å². The highest BCUT2D eigenvalue weighted by Crippen LogP contribution is 2.39. The normalized spacial score (nSPS) is 22.0. The Morgan fingerprint density at radius 2 is 1.80 bits per heavy atom. The summed E-state index contributed by atoms with van der Waals surface area (Å²) >= 11 is 0. The highest BCUT2D eigenvalue weighted by Gasteiger charge is 2.29. The van der Waals surface area contributed by atoms with E-state index in [9.17, 15) is 0 Å². The number of fused-ring (bicyclic) bond motifs is 2. The third-order valence-electron chi connectivity index (χ3n) is 8.35. The van der Waals surface area contributed by atoms with Crippen molar-refractivity contribution in [3.63, 3.8) is 0 Å². The van der Waals surface area contributed by atoms with Crippen molar-refractivity contribution in [3.05, 3.63) is 47.0 Å². The third kappa shape index (κ3) is 3.95. The molecule has 184 valence electrons. The predicted molar refractivity (Wildman–Crippen MR) is 139 cm³/mol. The quantitative estimate of drug-likeness (QED) is 0.432. The molecule has 4 aromatic heterocycles. The maximum absolute atomic E-state index is 5.55. The maximum Gasteiger partial charge on any atom is 0.158 e. The van der Waals surface area contributed by atoms with Crippen molar-refractivity contribution >= 4 is 16.7 Å². The number of ether oxygens (including phenoxy) is 1. The minimum Gasteiger partial charge on any atom is -0.379 e. The minimum absolute atomic E-state index is 0.352. The van der Waals surface area contributed by atoms with Crippen molar-refractivity contribution < 1.29 is 4.74 Å². The molecule has 0 atom stereocenters. The number of nitrogens with one attached hydrogen (secondary N) is 1. The van der Waals surface area contributed by atoms with E-state index in [1.807, 2.05) is 4.52 Å². The molecule has 4 aromatic rings. The van der Waals surface area contributed by atoms with Crippen molar-refractivity contribution in [1.29, 1.82) is 0 Å². The summed E-state index contributed by atoms with van der Waals surface area (Å²) in [6.45, 7) is 12.8. The van der Waals surface area contributed by atoms with Gasteiger partial charge in [-0.1, -0.05) is 13.8 Å². The summed E-state index contributed by atoms with van der Waals surface area (Å²) in [6.07, 6.45) is 8.69. The van der Waals surface area contributed by atoms with Crippen LogP contribution in [0.15, 0.2) is 24.7 Å². The van der Waals surface area contributed by atoms with Crippen LogP contribution in [0, 0.1) is 13.8 Å². The topological polar surface area (TPSA) is 71.3 Å². The molecular weight excluding hydrogens is 436 g/mol. The molecule has 2 aliphatic rings. The molecule has 2 fully saturated rings. The molecule has 0 bridgehead atoms. The van der Waals surface area contributed by atoms with Crippen LogP contribution in [0.1, 0.15) is 73.8 Å². The Labute approximate surface area is 206 Å². The van der Waals surface area contributed by atoms with Gasteiger partial charge in [-0.3, -0.25) is 9.88 Å². The fourth-order valence-corrected chi connectivity index (χ4v) is 6.24. The van der Waals surface area contributed by atoms with Crippen molar-refractivity contribution in [3.8, 4) is 11.3 Å². The summed E-state index contributed by atoms with van der Waals surface area (Å²) in [5.74, 6) is 0.898. The monoisotopic (exact) mass is 472 g/mol. The van der Waals surface area contributed by atoms with E-state index in [-0.39, 0.29) is 0 Å². The molecule has 1 N–H and O–H groups in total. The van der Waals surface area contributed by atoms with E-state index < -0.39 is 0 Å². The molecule has 1 saturated heterocycles. The number of aromatic amines is 1. The van der Waals surface area contributed by atoms with Gasteiger partial charge in [-0.05, 0) is 68.7 Å². The largest absolute Gasteiger partial charge is 0.379 e. The lowest BCUT2D eigenvalue weighted by Crippen LogP contribution is -2.44. The second kappa shape index (κ2) is 9.03. The van der Waals surface area contributed by atoms with E-state index in [1.165, 1.54) is 53.6 Å². The first-order valence-corrected chi connectivity index (χ1v) is 13.2. The molecule has 1 saturated carbocycles. The minimum atomic E-state index is 0.352. The number of morpholine rings is 1. The Bertz CT molecular complexity index is 1360. The zero-order valence-electron chi connectivity index (χ0n) is 21.3. The maximum atomic E-state index is 5.55. The zero-order chi connectivity index (χ0) is 24.1. The second-order valence-corrected chi connectivity index (χ2v) is 10.7. The van der Waals surface area contributed by atoms with Crippen LogP contribution in [-0.4, -0.2) is 61.8 Å². The molecule has 1 aliphatic carbocycles. The van der Waals surface area contributed by atoms with Gasteiger partial charge in [0.15, 0.2) is 5.65 Å². The van der Waals surface area contributed by atoms with Gasteiger partial charge in [-0.2, -0.15) is 5.10 Å². The molecule has 0 spiro atoms. The lowest BCUT2D eigenvalue weighted by molar-refractivity contribution is 0.00721. The van der Waals surface area contributed by atoms with Gasteiger partial charge in [-0.15, -0.1) is 0 Å². The average Bonchev–Trinajstić information content (AvgIpc) is 3.51. The Kier molecular flexibility index (Phi) is 5.85. The SMILES string of the molecule is Cc1c(-c2[nH]c3ccc(C4CCC(N5CCOCC5)CC4)nc3c2C(C)C)cn2ncnc2c1C. The second-order valence-electron chi connectivity index (χ2n) is 10.7. The van der Waals surface area contributed by atoms with Crippen LogP contribution in [0.2, 0.25) is 0 Å².